The topological polar surface area (TPSA) is 94.8 Å². The van der Waals surface area contributed by atoms with E-state index in [0.29, 0.717) is 31.3 Å². The predicted octanol–water partition coefficient (Wildman–Crippen LogP) is 4.53. The maximum Gasteiger partial charge on any atom is 0.256 e. The summed E-state index contributed by atoms with van der Waals surface area (Å²) in [6, 6.07) is 14.2. The largest absolute Gasteiger partial charge is 0.355 e. The van der Waals surface area contributed by atoms with Gasteiger partial charge in [0.1, 0.15) is 0 Å². The van der Waals surface area contributed by atoms with Crippen LogP contribution < -0.4 is 10.2 Å². The number of halogens is 1. The van der Waals surface area contributed by atoms with Gasteiger partial charge in [-0.15, -0.1) is 12.4 Å². The molecule has 0 saturated carbocycles. The van der Waals surface area contributed by atoms with Crippen LogP contribution in [0.5, 0.6) is 0 Å². The number of amides is 2. The van der Waals surface area contributed by atoms with Crippen LogP contribution in [-0.4, -0.2) is 58.7 Å². The summed E-state index contributed by atoms with van der Waals surface area (Å²) in [7, 11) is 1.80. The number of rotatable bonds is 12. The highest BCUT2D eigenvalue weighted by molar-refractivity contribution is 5.87. The summed E-state index contributed by atoms with van der Waals surface area (Å²) in [6.07, 6.45) is 3.84. The zero-order chi connectivity index (χ0) is 27.1. The molecule has 0 atom stereocenters. The van der Waals surface area contributed by atoms with Crippen molar-refractivity contribution in [3.05, 3.63) is 65.0 Å². The third kappa shape index (κ3) is 7.58. The summed E-state index contributed by atoms with van der Waals surface area (Å²) in [5.41, 5.74) is 5.09. The Balaban J connectivity index is 0.00000420. The Morgan fingerprint density at radius 3 is 2.38 bits per heavy atom. The molecule has 1 aliphatic rings. The molecule has 1 aliphatic heterocycles. The first-order valence-corrected chi connectivity index (χ1v) is 13.4. The molecule has 3 aromatic rings. The van der Waals surface area contributed by atoms with E-state index < -0.39 is 0 Å². The lowest BCUT2D eigenvalue weighted by molar-refractivity contribution is -0.145. The highest BCUT2D eigenvalue weighted by Crippen LogP contribution is 2.28. The van der Waals surface area contributed by atoms with Gasteiger partial charge >= 0.3 is 0 Å². The number of nitrogens with one attached hydrogen (secondary N) is 1. The fourth-order valence-corrected chi connectivity index (χ4v) is 4.72. The predicted molar refractivity (Wildman–Crippen MR) is 154 cm³/mol. The molecule has 0 saturated heterocycles. The molecule has 2 aromatic carbocycles. The van der Waals surface area contributed by atoms with Gasteiger partial charge in [-0.2, -0.15) is 4.98 Å². The van der Waals surface area contributed by atoms with Crippen LogP contribution in [0.1, 0.15) is 55.7 Å². The Kier molecular flexibility index (Phi) is 10.9. The van der Waals surface area contributed by atoms with Crippen molar-refractivity contribution in [2.45, 2.75) is 59.5 Å². The van der Waals surface area contributed by atoms with Gasteiger partial charge in [0, 0.05) is 44.9 Å². The molecule has 0 bridgehead atoms. The summed E-state index contributed by atoms with van der Waals surface area (Å²) in [4.78, 5) is 32.8. The van der Waals surface area contributed by atoms with E-state index in [2.05, 4.69) is 41.4 Å². The van der Waals surface area contributed by atoms with Crippen molar-refractivity contribution >= 4 is 29.9 Å². The lowest BCUT2D eigenvalue weighted by atomic mass is 10.0. The normalized spacial score (nSPS) is 12.5. The number of carbonyl (C=O) groups excluding carboxylic acids is 2. The SMILES string of the molecule is CCCCCNC(=O)CN(CC(=O)N(C)N1Cc2ccccc2C1)c1cc(-c2noc(C)n2)ccc1CC.Cl. The smallest absolute Gasteiger partial charge is 0.256 e. The number of hydrogen-bond acceptors (Lipinski definition) is 7. The molecule has 210 valence electrons. The minimum atomic E-state index is -0.104. The van der Waals surface area contributed by atoms with Crippen LogP contribution in [0, 0.1) is 6.92 Å². The van der Waals surface area contributed by atoms with Gasteiger partial charge in [-0.3, -0.25) is 14.6 Å². The van der Waals surface area contributed by atoms with E-state index in [1.54, 1.807) is 19.0 Å². The number of aryl methyl sites for hydroxylation is 2. The van der Waals surface area contributed by atoms with Crippen molar-refractivity contribution in [3.8, 4) is 11.4 Å². The van der Waals surface area contributed by atoms with E-state index in [4.69, 9.17) is 4.52 Å². The molecule has 0 aliphatic carbocycles. The maximum absolute atomic E-state index is 13.6. The fourth-order valence-electron chi connectivity index (χ4n) is 4.72. The molecule has 0 fully saturated rings. The third-order valence-electron chi connectivity index (χ3n) is 6.97. The lowest BCUT2D eigenvalue weighted by Gasteiger charge is -2.32. The number of hydrazine groups is 1. The standard InChI is InChI=1S/C29H38N6O3.ClH/c1-5-7-10-15-30-27(36)19-34(20-28(37)33(4)35-17-24-11-8-9-12-25(24)18-35)26-16-23(14-13-22(26)6-2)29-31-21(3)38-32-29;/h8-9,11-14,16H,5-7,10,15,17-20H2,1-4H3,(H,30,36);1H. The van der Waals surface area contributed by atoms with Gasteiger partial charge in [-0.25, -0.2) is 5.01 Å². The Morgan fingerprint density at radius 1 is 1.05 bits per heavy atom. The molecule has 2 amide bonds. The van der Waals surface area contributed by atoms with E-state index in [-0.39, 0.29) is 37.3 Å². The molecule has 10 heteroatoms. The summed E-state index contributed by atoms with van der Waals surface area (Å²) in [5, 5.41) is 10.8. The zero-order valence-corrected chi connectivity index (χ0v) is 24.1. The number of likely N-dealkylation sites (N-methyl/N-ethyl adjacent to an activating group) is 1. The molecule has 39 heavy (non-hydrogen) atoms. The van der Waals surface area contributed by atoms with Gasteiger partial charge in [0.2, 0.25) is 17.6 Å². The molecule has 1 N–H and O–H groups in total. The monoisotopic (exact) mass is 554 g/mol. The second kappa shape index (κ2) is 14.1. The van der Waals surface area contributed by atoms with Gasteiger partial charge in [-0.05, 0) is 35.6 Å². The second-order valence-corrected chi connectivity index (χ2v) is 9.76. The molecule has 0 radical (unpaired) electrons. The van der Waals surface area contributed by atoms with Crippen molar-refractivity contribution in [3.63, 3.8) is 0 Å². The van der Waals surface area contributed by atoms with Gasteiger partial charge in [0.15, 0.2) is 0 Å². The molecule has 0 spiro atoms. The summed E-state index contributed by atoms with van der Waals surface area (Å²) >= 11 is 0. The van der Waals surface area contributed by atoms with E-state index >= 15 is 0 Å². The van der Waals surface area contributed by atoms with Crippen LogP contribution in [0.25, 0.3) is 11.4 Å². The number of carbonyl (C=O) groups is 2. The van der Waals surface area contributed by atoms with E-state index in [9.17, 15) is 9.59 Å². The van der Waals surface area contributed by atoms with Crippen molar-refractivity contribution in [1.82, 2.24) is 25.5 Å². The molecule has 1 aromatic heterocycles. The second-order valence-electron chi connectivity index (χ2n) is 9.76. The molecule has 4 rings (SSSR count). The van der Waals surface area contributed by atoms with Crippen LogP contribution in [0.4, 0.5) is 5.69 Å². The number of fused-ring (bicyclic) bond motifs is 1. The van der Waals surface area contributed by atoms with Gasteiger partial charge in [0.05, 0.1) is 13.1 Å². The molecule has 2 heterocycles. The minimum absolute atomic E-state index is 0. The molecular weight excluding hydrogens is 516 g/mol. The Labute approximate surface area is 236 Å². The van der Waals surface area contributed by atoms with Crippen LogP contribution in [0.15, 0.2) is 47.0 Å². The Hall–Kier alpha value is -3.43. The first kappa shape index (κ1) is 30.1. The average molecular weight is 555 g/mol. The molecule has 9 nitrogen and oxygen atoms in total. The molecular formula is C29H39ClN6O3. The average Bonchev–Trinajstić information content (AvgIpc) is 3.56. The van der Waals surface area contributed by atoms with Crippen molar-refractivity contribution in [1.29, 1.82) is 0 Å². The number of aromatic nitrogens is 2. The van der Waals surface area contributed by atoms with Crippen LogP contribution in [0.3, 0.4) is 0 Å². The maximum atomic E-state index is 13.6. The van der Waals surface area contributed by atoms with Gasteiger partial charge in [0.25, 0.3) is 5.91 Å². The summed E-state index contributed by atoms with van der Waals surface area (Å²) in [5.74, 6) is 0.772. The van der Waals surface area contributed by atoms with Crippen molar-refractivity contribution < 1.29 is 14.1 Å². The van der Waals surface area contributed by atoms with E-state index in [0.717, 1.165) is 42.5 Å². The van der Waals surface area contributed by atoms with Gasteiger partial charge in [-0.1, -0.05) is 68.2 Å². The lowest BCUT2D eigenvalue weighted by Crippen LogP contribution is -2.48. The highest BCUT2D eigenvalue weighted by atomic mass is 35.5. The van der Waals surface area contributed by atoms with Gasteiger partial charge < -0.3 is 14.7 Å². The Bertz CT molecular complexity index is 1240. The number of nitrogens with zero attached hydrogens (tertiary/aromatic N) is 5. The number of unbranched alkanes of at least 4 members (excludes halogenated alkanes) is 2. The quantitative estimate of drug-likeness (QED) is 0.329. The summed E-state index contributed by atoms with van der Waals surface area (Å²) < 4.78 is 5.18. The van der Waals surface area contributed by atoms with Crippen LogP contribution in [-0.2, 0) is 29.1 Å². The van der Waals surface area contributed by atoms with E-state index in [1.165, 1.54) is 11.1 Å². The fraction of sp³-hybridized carbons (Fsp3) is 0.448. The first-order valence-electron chi connectivity index (χ1n) is 13.4. The molecule has 0 unspecified atom stereocenters. The first-order chi connectivity index (χ1) is 18.4. The third-order valence-corrected chi connectivity index (χ3v) is 6.97. The zero-order valence-electron chi connectivity index (χ0n) is 23.3. The van der Waals surface area contributed by atoms with Crippen LogP contribution >= 0.6 is 12.4 Å². The van der Waals surface area contributed by atoms with Crippen molar-refractivity contribution in [2.24, 2.45) is 0 Å². The van der Waals surface area contributed by atoms with Crippen LogP contribution in [0.2, 0.25) is 0 Å². The number of benzene rings is 2. The minimum Gasteiger partial charge on any atom is -0.355 e. The Morgan fingerprint density at radius 2 is 1.77 bits per heavy atom. The van der Waals surface area contributed by atoms with E-state index in [1.807, 2.05) is 40.2 Å². The van der Waals surface area contributed by atoms with Crippen molar-refractivity contribution in [2.75, 3.05) is 31.6 Å². The summed E-state index contributed by atoms with van der Waals surface area (Å²) in [6.45, 7) is 8.08. The highest BCUT2D eigenvalue weighted by Gasteiger charge is 2.27. The number of hydrogen-bond donors (Lipinski definition) is 1. The number of anilines is 1.